The van der Waals surface area contributed by atoms with Crippen molar-refractivity contribution >= 4 is 17.3 Å². The standard InChI is InChI=1S/C20H27ClN2/c1-20(2)16-4-3-15(19(20)13-16)14-22-9-11-23(12-10-22)18-7-5-17(21)6-8-18/h3,5-8,16,19H,4,9-14H2,1-2H3/t16-,19+/m0/s1. The Morgan fingerprint density at radius 3 is 2.39 bits per heavy atom. The molecule has 0 radical (unpaired) electrons. The van der Waals surface area contributed by atoms with Crippen LogP contribution in [0.1, 0.15) is 26.7 Å². The first-order valence-electron chi connectivity index (χ1n) is 8.96. The van der Waals surface area contributed by atoms with E-state index in [0.29, 0.717) is 5.41 Å². The van der Waals surface area contributed by atoms with Crippen molar-refractivity contribution in [3.8, 4) is 0 Å². The van der Waals surface area contributed by atoms with Gasteiger partial charge in [-0.1, -0.05) is 37.1 Å². The van der Waals surface area contributed by atoms with Crippen molar-refractivity contribution in [1.29, 1.82) is 0 Å². The van der Waals surface area contributed by atoms with Gasteiger partial charge in [0.05, 0.1) is 0 Å². The molecular weight excluding hydrogens is 304 g/mol. The van der Waals surface area contributed by atoms with Crippen LogP contribution in [0.25, 0.3) is 0 Å². The van der Waals surface area contributed by atoms with Crippen LogP contribution in [0, 0.1) is 17.3 Å². The fourth-order valence-corrected chi connectivity index (χ4v) is 4.86. The van der Waals surface area contributed by atoms with Gasteiger partial charge in [-0.15, -0.1) is 0 Å². The highest BCUT2D eigenvalue weighted by molar-refractivity contribution is 6.30. The molecule has 1 aromatic carbocycles. The molecule has 1 saturated heterocycles. The molecule has 2 bridgehead atoms. The van der Waals surface area contributed by atoms with Gasteiger partial charge in [0.15, 0.2) is 0 Å². The van der Waals surface area contributed by atoms with Crippen LogP contribution in [-0.2, 0) is 0 Å². The molecule has 0 spiro atoms. The number of allylic oxidation sites excluding steroid dienone is 1. The molecule has 5 rings (SSSR count). The summed E-state index contributed by atoms with van der Waals surface area (Å²) in [6.45, 7) is 10.7. The minimum Gasteiger partial charge on any atom is -0.369 e. The van der Waals surface area contributed by atoms with E-state index in [1.165, 1.54) is 25.1 Å². The van der Waals surface area contributed by atoms with E-state index in [-0.39, 0.29) is 0 Å². The monoisotopic (exact) mass is 330 g/mol. The molecule has 0 N–H and O–H groups in total. The van der Waals surface area contributed by atoms with Gasteiger partial charge in [-0.25, -0.2) is 0 Å². The van der Waals surface area contributed by atoms with E-state index >= 15 is 0 Å². The third-order valence-corrected chi connectivity index (χ3v) is 6.80. The van der Waals surface area contributed by atoms with Crippen molar-refractivity contribution in [2.75, 3.05) is 37.6 Å². The molecule has 1 aliphatic heterocycles. The smallest absolute Gasteiger partial charge is 0.0407 e. The van der Waals surface area contributed by atoms with Gasteiger partial charge in [0.1, 0.15) is 0 Å². The topological polar surface area (TPSA) is 6.48 Å². The van der Waals surface area contributed by atoms with E-state index < -0.39 is 0 Å². The lowest BCUT2D eigenvalue weighted by atomic mass is 9.49. The van der Waals surface area contributed by atoms with Gasteiger partial charge in [0.25, 0.3) is 0 Å². The molecule has 2 fully saturated rings. The van der Waals surface area contributed by atoms with Gasteiger partial charge in [-0.05, 0) is 54.4 Å². The van der Waals surface area contributed by atoms with Gasteiger partial charge < -0.3 is 4.90 Å². The summed E-state index contributed by atoms with van der Waals surface area (Å²) in [6.07, 6.45) is 5.29. The van der Waals surface area contributed by atoms with Gasteiger partial charge in [-0.2, -0.15) is 0 Å². The Labute approximate surface area is 145 Å². The molecular formula is C20H27ClN2. The molecule has 3 heteroatoms. The molecule has 3 aliphatic carbocycles. The third-order valence-electron chi connectivity index (χ3n) is 6.55. The Hall–Kier alpha value is -0.990. The minimum atomic E-state index is 0.551. The molecule has 1 aromatic rings. The summed E-state index contributed by atoms with van der Waals surface area (Å²) >= 11 is 5.99. The second kappa shape index (κ2) is 5.82. The van der Waals surface area contributed by atoms with Gasteiger partial charge in [0, 0.05) is 43.4 Å². The first kappa shape index (κ1) is 15.5. The van der Waals surface area contributed by atoms with Crippen molar-refractivity contribution in [2.24, 2.45) is 17.3 Å². The highest BCUT2D eigenvalue weighted by Gasteiger charge is 2.51. The van der Waals surface area contributed by atoms with Crippen molar-refractivity contribution < 1.29 is 0 Å². The van der Waals surface area contributed by atoms with Crippen LogP contribution in [-0.4, -0.2) is 37.6 Å². The zero-order chi connectivity index (χ0) is 16.0. The summed E-state index contributed by atoms with van der Waals surface area (Å²) in [7, 11) is 0. The predicted molar refractivity (Wildman–Crippen MR) is 98.2 cm³/mol. The van der Waals surface area contributed by atoms with Crippen molar-refractivity contribution in [3.63, 3.8) is 0 Å². The number of rotatable bonds is 3. The number of hydrogen-bond donors (Lipinski definition) is 0. The third kappa shape index (κ3) is 2.81. The molecule has 0 aromatic heterocycles. The zero-order valence-electron chi connectivity index (χ0n) is 14.3. The number of hydrogen-bond acceptors (Lipinski definition) is 2. The lowest BCUT2D eigenvalue weighted by molar-refractivity contribution is -0.0107. The quantitative estimate of drug-likeness (QED) is 0.755. The van der Waals surface area contributed by atoms with E-state index in [1.807, 2.05) is 12.1 Å². The second-order valence-electron chi connectivity index (χ2n) is 8.06. The Bertz CT molecular complexity index is 597. The fourth-order valence-electron chi connectivity index (χ4n) is 4.73. The summed E-state index contributed by atoms with van der Waals surface area (Å²) in [5.74, 6) is 1.79. The van der Waals surface area contributed by atoms with E-state index in [2.05, 4.69) is 41.9 Å². The Balaban J connectivity index is 1.34. The maximum atomic E-state index is 5.99. The van der Waals surface area contributed by atoms with Gasteiger partial charge >= 0.3 is 0 Å². The van der Waals surface area contributed by atoms with Crippen LogP contribution >= 0.6 is 11.6 Å². The molecule has 0 amide bonds. The van der Waals surface area contributed by atoms with Crippen LogP contribution in [0.4, 0.5) is 5.69 Å². The van der Waals surface area contributed by atoms with Crippen LogP contribution in [0.2, 0.25) is 5.02 Å². The van der Waals surface area contributed by atoms with E-state index in [1.54, 1.807) is 5.57 Å². The average Bonchev–Trinajstić information content (AvgIpc) is 2.56. The Kier molecular flexibility index (Phi) is 3.93. The molecule has 0 unspecified atom stereocenters. The number of anilines is 1. The Morgan fingerprint density at radius 1 is 1.09 bits per heavy atom. The second-order valence-corrected chi connectivity index (χ2v) is 8.50. The normalized spacial score (nSPS) is 29.9. The SMILES string of the molecule is CC1(C)[C@H]2CC=C(CN3CCN(c4ccc(Cl)cc4)CC3)[C@H]1C2. The van der Waals surface area contributed by atoms with E-state index in [0.717, 1.165) is 43.0 Å². The predicted octanol–water partition coefficient (Wildman–Crippen LogP) is 4.45. The zero-order valence-corrected chi connectivity index (χ0v) is 15.0. The van der Waals surface area contributed by atoms with Crippen molar-refractivity contribution in [3.05, 3.63) is 40.9 Å². The van der Waals surface area contributed by atoms with Gasteiger partial charge in [0.2, 0.25) is 0 Å². The van der Waals surface area contributed by atoms with E-state index in [9.17, 15) is 0 Å². The average molecular weight is 331 g/mol. The summed E-state index contributed by atoms with van der Waals surface area (Å²) < 4.78 is 0. The summed E-state index contributed by atoms with van der Waals surface area (Å²) in [5.41, 5.74) is 3.57. The van der Waals surface area contributed by atoms with Crippen molar-refractivity contribution in [2.45, 2.75) is 26.7 Å². The van der Waals surface area contributed by atoms with Crippen LogP contribution < -0.4 is 4.90 Å². The van der Waals surface area contributed by atoms with Crippen LogP contribution in [0.15, 0.2) is 35.9 Å². The number of benzene rings is 1. The van der Waals surface area contributed by atoms with Crippen molar-refractivity contribution in [1.82, 2.24) is 4.90 Å². The first-order chi connectivity index (χ1) is 11.0. The minimum absolute atomic E-state index is 0.551. The first-order valence-corrected chi connectivity index (χ1v) is 9.33. The maximum absolute atomic E-state index is 5.99. The molecule has 1 saturated carbocycles. The Morgan fingerprint density at radius 2 is 1.78 bits per heavy atom. The van der Waals surface area contributed by atoms with Crippen LogP contribution in [0.5, 0.6) is 0 Å². The van der Waals surface area contributed by atoms with E-state index in [4.69, 9.17) is 11.6 Å². The summed E-state index contributed by atoms with van der Waals surface area (Å²) in [4.78, 5) is 5.12. The highest BCUT2D eigenvalue weighted by atomic mass is 35.5. The maximum Gasteiger partial charge on any atom is 0.0407 e. The molecule has 2 nitrogen and oxygen atoms in total. The lowest BCUT2D eigenvalue weighted by Gasteiger charge is -2.57. The number of fused-ring (bicyclic) bond motifs is 1. The highest BCUT2D eigenvalue weighted by Crippen LogP contribution is 2.59. The van der Waals surface area contributed by atoms with Crippen LogP contribution in [0.3, 0.4) is 0 Å². The number of nitrogens with zero attached hydrogens (tertiary/aromatic N) is 2. The number of halogens is 1. The lowest BCUT2D eigenvalue weighted by Crippen LogP contribution is -2.52. The molecule has 23 heavy (non-hydrogen) atoms. The largest absolute Gasteiger partial charge is 0.369 e. The molecule has 4 aliphatic rings. The fraction of sp³-hybridized carbons (Fsp3) is 0.600. The summed E-state index contributed by atoms with van der Waals surface area (Å²) in [6, 6.07) is 8.26. The molecule has 124 valence electrons. The molecule has 1 heterocycles. The summed E-state index contributed by atoms with van der Waals surface area (Å²) in [5, 5.41) is 0.818. The van der Waals surface area contributed by atoms with Gasteiger partial charge in [-0.3, -0.25) is 4.90 Å². The number of piperazine rings is 1. The molecule has 2 atom stereocenters.